The van der Waals surface area contributed by atoms with Crippen LogP contribution in [0.25, 0.3) is 0 Å². The summed E-state index contributed by atoms with van der Waals surface area (Å²) in [5, 5.41) is 0.441. The smallest absolute Gasteiger partial charge is 0.0543 e. The van der Waals surface area contributed by atoms with E-state index in [1.54, 1.807) is 0 Å². The Labute approximate surface area is 108 Å². The lowest BCUT2D eigenvalue weighted by atomic mass is 10.0. The van der Waals surface area contributed by atoms with E-state index in [0.29, 0.717) is 5.25 Å². The first kappa shape index (κ1) is 12.3. The first-order chi connectivity index (χ1) is 8.20. The second kappa shape index (κ2) is 5.42. The van der Waals surface area contributed by atoms with Gasteiger partial charge in [0.1, 0.15) is 0 Å². The van der Waals surface area contributed by atoms with Crippen molar-refractivity contribution in [2.45, 2.75) is 19.1 Å². The highest BCUT2D eigenvalue weighted by Crippen LogP contribution is 2.33. The summed E-state index contributed by atoms with van der Waals surface area (Å²) < 4.78 is 0. The van der Waals surface area contributed by atoms with Crippen molar-refractivity contribution in [2.24, 2.45) is 0 Å². The molecule has 1 heteroatoms. The van der Waals surface area contributed by atoms with Gasteiger partial charge in [-0.15, -0.1) is 0 Å². The summed E-state index contributed by atoms with van der Waals surface area (Å²) >= 11 is 1.89. The van der Waals surface area contributed by atoms with Crippen LogP contribution in [0.2, 0.25) is 0 Å². The van der Waals surface area contributed by atoms with Gasteiger partial charge >= 0.3 is 0 Å². The van der Waals surface area contributed by atoms with E-state index >= 15 is 0 Å². The minimum Gasteiger partial charge on any atom is -0.152 e. The van der Waals surface area contributed by atoms with E-state index in [1.165, 1.54) is 22.3 Å². The summed E-state index contributed by atoms with van der Waals surface area (Å²) in [5.74, 6) is 0. The molecule has 0 bridgehead atoms. The van der Waals surface area contributed by atoms with Gasteiger partial charge < -0.3 is 0 Å². The summed E-state index contributed by atoms with van der Waals surface area (Å²) in [6.45, 7) is 4.26. The van der Waals surface area contributed by atoms with Crippen LogP contribution in [0.3, 0.4) is 0 Å². The van der Waals surface area contributed by atoms with E-state index < -0.39 is 0 Å². The summed E-state index contributed by atoms with van der Waals surface area (Å²) in [6, 6.07) is 17.7. The molecule has 0 N–H and O–H groups in total. The summed E-state index contributed by atoms with van der Waals surface area (Å²) in [4.78, 5) is 0. The minimum atomic E-state index is 0.441. The Bertz CT molecular complexity index is 422. The molecule has 0 saturated carbocycles. The normalized spacial score (nSPS) is 10.8. The molecule has 0 saturated heterocycles. The average Bonchev–Trinajstić information content (AvgIpc) is 2.35. The van der Waals surface area contributed by atoms with Crippen LogP contribution < -0.4 is 0 Å². The molecule has 0 atom stereocenters. The maximum absolute atomic E-state index is 2.23. The van der Waals surface area contributed by atoms with Crippen molar-refractivity contribution in [1.29, 1.82) is 0 Å². The van der Waals surface area contributed by atoms with Gasteiger partial charge in [0.25, 0.3) is 0 Å². The zero-order valence-corrected chi connectivity index (χ0v) is 11.4. The highest BCUT2D eigenvalue weighted by atomic mass is 32.2. The Balaban J connectivity index is 2.33. The van der Waals surface area contributed by atoms with E-state index in [4.69, 9.17) is 0 Å². The minimum absolute atomic E-state index is 0.441. The van der Waals surface area contributed by atoms with Crippen LogP contribution in [-0.4, -0.2) is 6.26 Å². The van der Waals surface area contributed by atoms with Gasteiger partial charge in [0.05, 0.1) is 5.25 Å². The Morgan fingerprint density at radius 3 is 1.35 bits per heavy atom. The van der Waals surface area contributed by atoms with E-state index in [-0.39, 0.29) is 0 Å². The SMILES string of the molecule is CSC(c1ccc(C)cc1)c1ccc(C)cc1. The third-order valence-electron chi connectivity index (χ3n) is 3.00. The topological polar surface area (TPSA) is 0 Å². The van der Waals surface area contributed by atoms with Crippen molar-refractivity contribution in [2.75, 3.05) is 6.26 Å². The molecule has 2 rings (SSSR count). The van der Waals surface area contributed by atoms with Crippen LogP contribution in [-0.2, 0) is 0 Å². The number of rotatable bonds is 3. The molecular formula is C16H18S. The fourth-order valence-corrected chi connectivity index (χ4v) is 2.81. The molecule has 0 spiro atoms. The number of hydrogen-bond acceptors (Lipinski definition) is 1. The van der Waals surface area contributed by atoms with Crippen LogP contribution in [0.5, 0.6) is 0 Å². The van der Waals surface area contributed by atoms with Crippen molar-refractivity contribution in [3.63, 3.8) is 0 Å². The molecule has 0 radical (unpaired) electrons. The summed E-state index contributed by atoms with van der Waals surface area (Å²) in [5.41, 5.74) is 5.40. The molecule has 0 amide bonds. The van der Waals surface area contributed by atoms with Crippen LogP contribution in [0.15, 0.2) is 48.5 Å². The molecule has 0 aromatic heterocycles. The Kier molecular flexibility index (Phi) is 3.90. The molecule has 2 aromatic rings. The largest absolute Gasteiger partial charge is 0.152 e. The molecule has 0 aliphatic carbocycles. The van der Waals surface area contributed by atoms with E-state index in [2.05, 4.69) is 68.6 Å². The van der Waals surface area contributed by atoms with Gasteiger partial charge in [-0.25, -0.2) is 0 Å². The zero-order chi connectivity index (χ0) is 12.3. The summed E-state index contributed by atoms with van der Waals surface area (Å²) in [6.07, 6.45) is 2.17. The molecule has 0 heterocycles. The van der Waals surface area contributed by atoms with Gasteiger partial charge in [0, 0.05) is 0 Å². The maximum atomic E-state index is 2.23. The van der Waals surface area contributed by atoms with Crippen LogP contribution in [0, 0.1) is 13.8 Å². The molecule has 88 valence electrons. The lowest BCUT2D eigenvalue weighted by Gasteiger charge is -2.16. The van der Waals surface area contributed by atoms with E-state index in [9.17, 15) is 0 Å². The first-order valence-corrected chi connectivity index (χ1v) is 7.15. The number of benzene rings is 2. The van der Waals surface area contributed by atoms with Crippen molar-refractivity contribution in [3.8, 4) is 0 Å². The predicted molar refractivity (Wildman–Crippen MR) is 77.7 cm³/mol. The Morgan fingerprint density at radius 1 is 0.706 bits per heavy atom. The molecule has 0 nitrogen and oxygen atoms in total. The summed E-state index contributed by atoms with van der Waals surface area (Å²) in [7, 11) is 0. The standard InChI is InChI=1S/C16H18S/c1-12-4-8-14(9-5-12)16(17-3)15-10-6-13(2)7-11-15/h4-11,16H,1-3H3. The van der Waals surface area contributed by atoms with Gasteiger partial charge in [-0.2, -0.15) is 11.8 Å². The highest BCUT2D eigenvalue weighted by Gasteiger charge is 2.11. The van der Waals surface area contributed by atoms with E-state index in [1.807, 2.05) is 11.8 Å². The molecule has 17 heavy (non-hydrogen) atoms. The lowest BCUT2D eigenvalue weighted by Crippen LogP contribution is -1.96. The molecule has 0 fully saturated rings. The van der Waals surface area contributed by atoms with Crippen LogP contribution in [0.1, 0.15) is 27.5 Å². The van der Waals surface area contributed by atoms with Gasteiger partial charge in [-0.1, -0.05) is 59.7 Å². The lowest BCUT2D eigenvalue weighted by molar-refractivity contribution is 1.15. The van der Waals surface area contributed by atoms with Crippen LogP contribution in [0.4, 0.5) is 0 Å². The predicted octanol–water partition coefficient (Wildman–Crippen LogP) is 4.76. The number of aryl methyl sites for hydroxylation is 2. The monoisotopic (exact) mass is 242 g/mol. The molecule has 2 aromatic carbocycles. The molecular weight excluding hydrogens is 224 g/mol. The van der Waals surface area contributed by atoms with Crippen molar-refractivity contribution in [3.05, 3.63) is 70.8 Å². The van der Waals surface area contributed by atoms with Gasteiger partial charge in [-0.05, 0) is 31.2 Å². The molecule has 0 aliphatic rings. The van der Waals surface area contributed by atoms with Gasteiger partial charge in [0.15, 0.2) is 0 Å². The van der Waals surface area contributed by atoms with Crippen molar-refractivity contribution < 1.29 is 0 Å². The average molecular weight is 242 g/mol. The fraction of sp³-hybridized carbons (Fsp3) is 0.250. The van der Waals surface area contributed by atoms with E-state index in [0.717, 1.165) is 0 Å². The second-order valence-electron chi connectivity index (χ2n) is 4.44. The zero-order valence-electron chi connectivity index (χ0n) is 10.6. The van der Waals surface area contributed by atoms with Crippen molar-refractivity contribution in [1.82, 2.24) is 0 Å². The van der Waals surface area contributed by atoms with Crippen LogP contribution >= 0.6 is 11.8 Å². The Morgan fingerprint density at radius 2 is 1.06 bits per heavy atom. The molecule has 0 unspecified atom stereocenters. The van der Waals surface area contributed by atoms with Crippen molar-refractivity contribution >= 4 is 11.8 Å². The second-order valence-corrected chi connectivity index (χ2v) is 5.38. The van der Waals surface area contributed by atoms with Gasteiger partial charge in [0.2, 0.25) is 0 Å². The fourth-order valence-electron chi connectivity index (χ4n) is 1.95. The first-order valence-electron chi connectivity index (χ1n) is 5.86. The van der Waals surface area contributed by atoms with Gasteiger partial charge in [-0.3, -0.25) is 0 Å². The Hall–Kier alpha value is -1.21. The number of hydrogen-bond donors (Lipinski definition) is 0. The highest BCUT2D eigenvalue weighted by molar-refractivity contribution is 7.99. The third-order valence-corrected chi connectivity index (χ3v) is 4.01. The third kappa shape index (κ3) is 2.92. The maximum Gasteiger partial charge on any atom is 0.0543 e. The molecule has 0 aliphatic heterocycles. The quantitative estimate of drug-likeness (QED) is 0.748. The number of thioether (sulfide) groups is 1.